The van der Waals surface area contributed by atoms with Gasteiger partial charge in [-0.1, -0.05) is 25.1 Å². The van der Waals surface area contributed by atoms with Crippen LogP contribution in [0.4, 0.5) is 18.9 Å². The summed E-state index contributed by atoms with van der Waals surface area (Å²) in [6.45, 7) is 1.78. The molecule has 0 saturated heterocycles. The van der Waals surface area contributed by atoms with E-state index in [-0.39, 0.29) is 18.9 Å². The first kappa shape index (κ1) is 20.4. The summed E-state index contributed by atoms with van der Waals surface area (Å²) in [5, 5.41) is 3.03. The van der Waals surface area contributed by atoms with E-state index in [1.807, 2.05) is 25.1 Å². The van der Waals surface area contributed by atoms with Crippen molar-refractivity contribution < 1.29 is 27.2 Å². The van der Waals surface area contributed by atoms with Crippen molar-refractivity contribution in [1.29, 1.82) is 0 Å². The third-order valence-corrected chi connectivity index (χ3v) is 4.29. The number of nitrogens with zero attached hydrogens (tertiary/aromatic N) is 1. The van der Waals surface area contributed by atoms with Gasteiger partial charge in [0.1, 0.15) is 11.3 Å². The number of carbonyl (C=O) groups excluding carboxylic acids is 2. The Bertz CT molecular complexity index is 1020. The van der Waals surface area contributed by atoms with Gasteiger partial charge >= 0.3 is 0 Å². The van der Waals surface area contributed by atoms with Gasteiger partial charge in [0.15, 0.2) is 17.5 Å². The largest absolute Gasteiger partial charge is 0.461 e. The average Bonchev–Trinajstić information content (AvgIpc) is 3.10. The zero-order valence-electron chi connectivity index (χ0n) is 15.7. The zero-order valence-corrected chi connectivity index (χ0v) is 15.7. The molecular formula is C21H19F3N2O3. The van der Waals surface area contributed by atoms with Gasteiger partial charge in [-0.3, -0.25) is 9.59 Å². The van der Waals surface area contributed by atoms with Crippen LogP contribution in [0, 0.1) is 17.5 Å². The van der Waals surface area contributed by atoms with E-state index in [1.165, 1.54) is 4.90 Å². The van der Waals surface area contributed by atoms with Gasteiger partial charge in [0.25, 0.3) is 0 Å². The van der Waals surface area contributed by atoms with Gasteiger partial charge in [0.2, 0.25) is 11.8 Å². The lowest BCUT2D eigenvalue weighted by atomic mass is 10.2. The fraction of sp³-hybridized carbons (Fsp3) is 0.238. The van der Waals surface area contributed by atoms with Gasteiger partial charge < -0.3 is 14.6 Å². The summed E-state index contributed by atoms with van der Waals surface area (Å²) >= 11 is 0. The van der Waals surface area contributed by atoms with Crippen molar-refractivity contribution in [3.8, 4) is 0 Å². The lowest BCUT2D eigenvalue weighted by molar-refractivity contribution is -0.134. The standard InChI is InChI=1S/C21H19F3N2O3/c1-2-9-26(12-18(27)25-16-8-7-15(22)20(23)21(16)24)19(28)11-14-10-13-5-3-4-6-17(13)29-14/h3-8,10H,2,9,11-12H2,1H3,(H,25,27). The fourth-order valence-electron chi connectivity index (χ4n) is 2.93. The molecule has 0 radical (unpaired) electrons. The van der Waals surface area contributed by atoms with E-state index >= 15 is 0 Å². The van der Waals surface area contributed by atoms with Crippen molar-refractivity contribution in [1.82, 2.24) is 4.90 Å². The van der Waals surface area contributed by atoms with Crippen LogP contribution in [0.3, 0.4) is 0 Å². The highest BCUT2D eigenvalue weighted by Crippen LogP contribution is 2.21. The van der Waals surface area contributed by atoms with Crippen molar-refractivity contribution in [3.63, 3.8) is 0 Å². The van der Waals surface area contributed by atoms with Gasteiger partial charge in [0.05, 0.1) is 18.7 Å². The van der Waals surface area contributed by atoms with E-state index < -0.39 is 29.0 Å². The van der Waals surface area contributed by atoms with Gasteiger partial charge in [0, 0.05) is 11.9 Å². The first-order chi connectivity index (χ1) is 13.9. The third kappa shape index (κ3) is 4.77. The van der Waals surface area contributed by atoms with Gasteiger partial charge in [-0.25, -0.2) is 13.2 Å². The Labute approximate surface area is 165 Å². The minimum atomic E-state index is -1.67. The van der Waals surface area contributed by atoms with Crippen molar-refractivity contribution in [2.45, 2.75) is 19.8 Å². The molecule has 3 aromatic rings. The fourth-order valence-corrected chi connectivity index (χ4v) is 2.93. The number of hydrogen-bond donors (Lipinski definition) is 1. The maximum Gasteiger partial charge on any atom is 0.244 e. The summed E-state index contributed by atoms with van der Waals surface area (Å²) in [6.07, 6.45) is 0.556. The molecule has 2 aromatic carbocycles. The molecular weight excluding hydrogens is 385 g/mol. The Hall–Kier alpha value is -3.29. The highest BCUT2D eigenvalue weighted by atomic mass is 19.2. The number of fused-ring (bicyclic) bond motifs is 1. The molecule has 8 heteroatoms. The Morgan fingerprint density at radius 1 is 1.07 bits per heavy atom. The summed E-state index contributed by atoms with van der Waals surface area (Å²) < 4.78 is 45.7. The van der Waals surface area contributed by atoms with Crippen molar-refractivity contribution in [3.05, 3.63) is 65.7 Å². The predicted octanol–water partition coefficient (Wildman–Crippen LogP) is 4.27. The Kier molecular flexibility index (Phi) is 6.21. The maximum absolute atomic E-state index is 13.7. The second-order valence-electron chi connectivity index (χ2n) is 6.51. The first-order valence-corrected chi connectivity index (χ1v) is 9.07. The Morgan fingerprint density at radius 3 is 2.55 bits per heavy atom. The number of amides is 2. The molecule has 0 unspecified atom stereocenters. The van der Waals surface area contributed by atoms with Gasteiger partial charge in [-0.2, -0.15) is 0 Å². The summed E-state index contributed by atoms with van der Waals surface area (Å²) in [6, 6.07) is 10.7. The summed E-state index contributed by atoms with van der Waals surface area (Å²) in [4.78, 5) is 26.2. The second kappa shape index (κ2) is 8.81. The van der Waals surface area contributed by atoms with Gasteiger partial charge in [-0.15, -0.1) is 0 Å². The van der Waals surface area contributed by atoms with Gasteiger partial charge in [-0.05, 0) is 30.7 Å². The normalized spacial score (nSPS) is 10.9. The molecule has 0 atom stereocenters. The van der Waals surface area contributed by atoms with Crippen LogP contribution in [0.2, 0.25) is 0 Å². The van der Waals surface area contributed by atoms with Crippen LogP contribution in [0.5, 0.6) is 0 Å². The summed E-state index contributed by atoms with van der Waals surface area (Å²) in [5.41, 5.74) is 0.166. The minimum absolute atomic E-state index is 0.0402. The Morgan fingerprint density at radius 2 is 1.83 bits per heavy atom. The molecule has 0 fully saturated rings. The molecule has 29 heavy (non-hydrogen) atoms. The van der Waals surface area contributed by atoms with Crippen molar-refractivity contribution in [2.24, 2.45) is 0 Å². The number of halogens is 3. The van der Waals surface area contributed by atoms with E-state index in [1.54, 1.807) is 12.1 Å². The molecule has 152 valence electrons. The number of furan rings is 1. The lowest BCUT2D eigenvalue weighted by Crippen LogP contribution is -2.39. The second-order valence-corrected chi connectivity index (χ2v) is 6.51. The van der Waals surface area contributed by atoms with Crippen LogP contribution in [-0.2, 0) is 16.0 Å². The number of benzene rings is 2. The molecule has 1 N–H and O–H groups in total. The molecule has 1 heterocycles. The molecule has 0 saturated carbocycles. The quantitative estimate of drug-likeness (QED) is 0.598. The van der Waals surface area contributed by atoms with Crippen molar-refractivity contribution >= 4 is 28.5 Å². The van der Waals surface area contributed by atoms with E-state index in [9.17, 15) is 22.8 Å². The average molecular weight is 404 g/mol. The Balaban J connectivity index is 1.67. The number of para-hydroxylation sites is 1. The summed E-state index contributed by atoms with van der Waals surface area (Å²) in [7, 11) is 0. The van der Waals surface area contributed by atoms with Crippen LogP contribution in [0.1, 0.15) is 19.1 Å². The van der Waals surface area contributed by atoms with Crippen LogP contribution in [-0.4, -0.2) is 29.8 Å². The molecule has 5 nitrogen and oxygen atoms in total. The van der Waals surface area contributed by atoms with E-state index in [4.69, 9.17) is 4.42 Å². The molecule has 3 rings (SSSR count). The van der Waals surface area contributed by atoms with Crippen molar-refractivity contribution in [2.75, 3.05) is 18.4 Å². The zero-order chi connectivity index (χ0) is 21.0. The summed E-state index contributed by atoms with van der Waals surface area (Å²) in [5.74, 6) is -5.12. The van der Waals surface area contributed by atoms with Crippen LogP contribution in [0.25, 0.3) is 11.0 Å². The number of rotatable bonds is 7. The predicted molar refractivity (Wildman–Crippen MR) is 102 cm³/mol. The topological polar surface area (TPSA) is 62.6 Å². The van der Waals surface area contributed by atoms with Crippen LogP contribution in [0.15, 0.2) is 46.9 Å². The SMILES string of the molecule is CCCN(CC(=O)Nc1ccc(F)c(F)c1F)C(=O)Cc1cc2ccccc2o1. The number of carbonyl (C=O) groups is 2. The first-order valence-electron chi connectivity index (χ1n) is 9.07. The number of anilines is 1. The molecule has 0 bridgehead atoms. The molecule has 0 aliphatic heterocycles. The highest BCUT2D eigenvalue weighted by molar-refractivity contribution is 5.95. The molecule has 0 aliphatic rings. The third-order valence-electron chi connectivity index (χ3n) is 4.29. The van der Waals surface area contributed by atoms with Crippen LogP contribution >= 0.6 is 0 Å². The molecule has 0 aliphatic carbocycles. The molecule has 1 aromatic heterocycles. The lowest BCUT2D eigenvalue weighted by Gasteiger charge is -2.21. The van der Waals surface area contributed by atoms with E-state index in [2.05, 4.69) is 5.32 Å². The van der Waals surface area contributed by atoms with Crippen LogP contribution < -0.4 is 5.32 Å². The smallest absolute Gasteiger partial charge is 0.244 e. The monoisotopic (exact) mass is 404 g/mol. The maximum atomic E-state index is 13.7. The number of hydrogen-bond acceptors (Lipinski definition) is 3. The van der Waals surface area contributed by atoms with E-state index in [0.29, 0.717) is 30.4 Å². The minimum Gasteiger partial charge on any atom is -0.461 e. The molecule has 2 amide bonds. The highest BCUT2D eigenvalue weighted by Gasteiger charge is 2.20. The molecule has 0 spiro atoms. The van der Waals surface area contributed by atoms with E-state index in [0.717, 1.165) is 11.5 Å². The number of nitrogens with one attached hydrogen (secondary N) is 1.